The summed E-state index contributed by atoms with van der Waals surface area (Å²) in [6, 6.07) is 7.15. The van der Waals surface area contributed by atoms with Gasteiger partial charge in [0.1, 0.15) is 11.4 Å². The topological polar surface area (TPSA) is 74.1 Å². The molecule has 112 valence electrons. The third-order valence-corrected chi connectivity index (χ3v) is 3.94. The molecule has 0 aromatic carbocycles. The van der Waals surface area contributed by atoms with E-state index >= 15 is 0 Å². The van der Waals surface area contributed by atoms with Gasteiger partial charge in [-0.3, -0.25) is 19.1 Å². The first-order valence-corrected chi connectivity index (χ1v) is 7.60. The number of nitrogens with zero attached hydrogens (tertiary/aromatic N) is 3. The second-order valence-corrected chi connectivity index (χ2v) is 5.51. The minimum atomic E-state index is -0.372. The van der Waals surface area contributed by atoms with Crippen LogP contribution in [-0.2, 0) is 22.7 Å². The molecule has 0 fully saturated rings. The third kappa shape index (κ3) is 3.20. The highest BCUT2D eigenvalue weighted by atomic mass is 32.1. The molecule has 0 amide bonds. The van der Waals surface area contributed by atoms with Crippen molar-refractivity contribution in [2.45, 2.75) is 19.6 Å². The zero-order valence-electron chi connectivity index (χ0n) is 11.6. The molecule has 0 N–H and O–H groups in total. The number of carbonyl (C=O) groups excluding carboxylic acids is 1. The number of thiophene rings is 1. The summed E-state index contributed by atoms with van der Waals surface area (Å²) in [5, 5.41) is 2.40. The summed E-state index contributed by atoms with van der Waals surface area (Å²) in [5.41, 5.74) is 0.554. The molecule has 0 aliphatic rings. The molecule has 3 aromatic rings. The van der Waals surface area contributed by atoms with Crippen LogP contribution in [0.15, 0.2) is 47.0 Å². The lowest BCUT2D eigenvalue weighted by Crippen LogP contribution is -2.22. The van der Waals surface area contributed by atoms with Crippen LogP contribution in [0.4, 0.5) is 0 Å². The van der Waals surface area contributed by atoms with Gasteiger partial charge >= 0.3 is 5.97 Å². The van der Waals surface area contributed by atoms with E-state index in [-0.39, 0.29) is 31.1 Å². The van der Waals surface area contributed by atoms with Crippen LogP contribution in [0.3, 0.4) is 0 Å². The number of hydrogen-bond donors (Lipinski definition) is 0. The number of esters is 1. The quantitative estimate of drug-likeness (QED) is 0.673. The molecule has 6 nitrogen and oxygen atoms in total. The van der Waals surface area contributed by atoms with E-state index in [1.165, 1.54) is 22.2 Å². The third-order valence-electron chi connectivity index (χ3n) is 3.11. The van der Waals surface area contributed by atoms with Crippen molar-refractivity contribution in [2.75, 3.05) is 0 Å². The normalized spacial score (nSPS) is 10.7. The Morgan fingerprint density at radius 1 is 1.27 bits per heavy atom. The van der Waals surface area contributed by atoms with Gasteiger partial charge in [0.25, 0.3) is 5.56 Å². The van der Waals surface area contributed by atoms with Gasteiger partial charge in [-0.2, -0.15) is 0 Å². The van der Waals surface area contributed by atoms with Gasteiger partial charge in [-0.25, -0.2) is 4.98 Å². The maximum atomic E-state index is 12.1. The second-order valence-electron chi connectivity index (χ2n) is 4.61. The number of hydrogen-bond acceptors (Lipinski definition) is 6. The highest BCUT2D eigenvalue weighted by Crippen LogP contribution is 2.13. The van der Waals surface area contributed by atoms with Gasteiger partial charge in [-0.05, 0) is 23.6 Å². The fourth-order valence-corrected chi connectivity index (χ4v) is 2.70. The highest BCUT2D eigenvalue weighted by Gasteiger charge is 2.08. The lowest BCUT2D eigenvalue weighted by Gasteiger charge is -2.06. The molecule has 0 atom stereocenters. The first kappa shape index (κ1) is 14.4. The molecule has 0 spiro atoms. The lowest BCUT2D eigenvalue weighted by atomic mass is 10.3. The predicted molar refractivity (Wildman–Crippen MR) is 82.5 cm³/mol. The van der Waals surface area contributed by atoms with Gasteiger partial charge in [-0.1, -0.05) is 6.07 Å². The van der Waals surface area contributed by atoms with Crippen LogP contribution >= 0.6 is 11.3 Å². The average Bonchev–Trinajstić information content (AvgIpc) is 3.03. The van der Waals surface area contributed by atoms with Crippen LogP contribution in [-0.4, -0.2) is 20.5 Å². The molecule has 0 aliphatic heterocycles. The van der Waals surface area contributed by atoms with Crippen molar-refractivity contribution in [1.29, 1.82) is 0 Å². The largest absolute Gasteiger partial charge is 0.459 e. The van der Waals surface area contributed by atoms with Crippen molar-refractivity contribution >= 4 is 27.5 Å². The molecule has 0 bridgehead atoms. The number of pyridine rings is 1. The summed E-state index contributed by atoms with van der Waals surface area (Å²) < 4.78 is 6.55. The average molecular weight is 315 g/mol. The number of carbonyl (C=O) groups is 1. The van der Waals surface area contributed by atoms with Crippen LogP contribution < -0.4 is 5.56 Å². The van der Waals surface area contributed by atoms with Crippen molar-refractivity contribution in [3.05, 3.63) is 58.2 Å². The zero-order valence-corrected chi connectivity index (χ0v) is 12.5. The van der Waals surface area contributed by atoms with Crippen LogP contribution in [0.1, 0.15) is 12.1 Å². The van der Waals surface area contributed by atoms with Gasteiger partial charge in [0.15, 0.2) is 0 Å². The van der Waals surface area contributed by atoms with E-state index in [4.69, 9.17) is 4.74 Å². The van der Waals surface area contributed by atoms with Crippen molar-refractivity contribution < 1.29 is 9.53 Å². The molecule has 0 aliphatic carbocycles. The van der Waals surface area contributed by atoms with Gasteiger partial charge in [-0.15, -0.1) is 11.3 Å². The molecule has 0 saturated carbocycles. The van der Waals surface area contributed by atoms with E-state index in [1.807, 2.05) is 11.4 Å². The van der Waals surface area contributed by atoms with Crippen LogP contribution in [0.2, 0.25) is 0 Å². The molecular weight excluding hydrogens is 302 g/mol. The van der Waals surface area contributed by atoms with Crippen molar-refractivity contribution in [2.24, 2.45) is 0 Å². The Balaban J connectivity index is 1.58. The molecule has 0 unspecified atom stereocenters. The lowest BCUT2D eigenvalue weighted by molar-refractivity contribution is -0.145. The summed E-state index contributed by atoms with van der Waals surface area (Å²) in [4.78, 5) is 32.9. The summed E-state index contributed by atoms with van der Waals surface area (Å²) in [6.07, 6.45) is 3.22. The molecular formula is C15H13N3O3S. The molecule has 22 heavy (non-hydrogen) atoms. The predicted octanol–water partition coefficient (Wildman–Crippen LogP) is 1.99. The van der Waals surface area contributed by atoms with E-state index in [0.717, 1.165) is 0 Å². The van der Waals surface area contributed by atoms with Crippen molar-refractivity contribution in [1.82, 2.24) is 14.5 Å². The first-order valence-electron chi connectivity index (χ1n) is 6.72. The number of ether oxygens (including phenoxy) is 1. The number of aryl methyl sites for hydroxylation is 1. The fraction of sp³-hybridized carbons (Fsp3) is 0.200. The van der Waals surface area contributed by atoms with E-state index in [9.17, 15) is 9.59 Å². The summed E-state index contributed by atoms with van der Waals surface area (Å²) in [5.74, 6) is -0.372. The summed E-state index contributed by atoms with van der Waals surface area (Å²) in [6.45, 7) is 0.384. The molecule has 3 rings (SSSR count). The Kier molecular flexibility index (Phi) is 4.24. The van der Waals surface area contributed by atoms with E-state index in [1.54, 1.807) is 24.4 Å². The second kappa shape index (κ2) is 6.48. The number of fused-ring (bicyclic) bond motifs is 1. The van der Waals surface area contributed by atoms with Gasteiger partial charge in [0, 0.05) is 12.7 Å². The monoisotopic (exact) mass is 315 g/mol. The summed E-state index contributed by atoms with van der Waals surface area (Å²) in [7, 11) is 0. The molecule has 0 radical (unpaired) electrons. The Morgan fingerprint density at radius 2 is 2.18 bits per heavy atom. The fourth-order valence-electron chi connectivity index (χ4n) is 1.97. The molecule has 3 aromatic heterocycles. The minimum Gasteiger partial charge on any atom is -0.459 e. The van der Waals surface area contributed by atoms with Gasteiger partial charge < -0.3 is 4.74 Å². The van der Waals surface area contributed by atoms with E-state index in [0.29, 0.717) is 15.9 Å². The highest BCUT2D eigenvalue weighted by molar-refractivity contribution is 7.16. The molecule has 0 saturated heterocycles. The van der Waals surface area contributed by atoms with Crippen LogP contribution in [0.25, 0.3) is 10.2 Å². The van der Waals surface area contributed by atoms with Gasteiger partial charge in [0.05, 0.1) is 23.8 Å². The number of rotatable bonds is 5. The Bertz CT molecular complexity index is 842. The van der Waals surface area contributed by atoms with E-state index in [2.05, 4.69) is 9.97 Å². The standard InChI is InChI=1S/C15H13N3O3S/c19-13(21-9-11-3-1-2-6-16-11)4-7-18-10-17-14-12(15(18)20)5-8-22-14/h1-3,5-6,8,10H,4,7,9H2. The van der Waals surface area contributed by atoms with Gasteiger partial charge in [0.2, 0.25) is 0 Å². The van der Waals surface area contributed by atoms with Crippen LogP contribution in [0, 0.1) is 0 Å². The smallest absolute Gasteiger partial charge is 0.307 e. The Hall–Kier alpha value is -2.54. The van der Waals surface area contributed by atoms with Crippen LogP contribution in [0.5, 0.6) is 0 Å². The maximum Gasteiger partial charge on any atom is 0.307 e. The molecule has 7 heteroatoms. The molecule has 3 heterocycles. The SMILES string of the molecule is O=C(CCn1cnc2sccc2c1=O)OCc1ccccn1. The number of aromatic nitrogens is 3. The minimum absolute atomic E-state index is 0.115. The Labute approximate surface area is 130 Å². The summed E-state index contributed by atoms with van der Waals surface area (Å²) >= 11 is 1.42. The Morgan fingerprint density at radius 3 is 3.00 bits per heavy atom. The van der Waals surface area contributed by atoms with Crippen molar-refractivity contribution in [3.63, 3.8) is 0 Å². The zero-order chi connectivity index (χ0) is 15.4. The van der Waals surface area contributed by atoms with E-state index < -0.39 is 0 Å². The maximum absolute atomic E-state index is 12.1. The van der Waals surface area contributed by atoms with Crippen molar-refractivity contribution in [3.8, 4) is 0 Å². The first-order chi connectivity index (χ1) is 10.7.